The van der Waals surface area contributed by atoms with E-state index < -0.39 is 0 Å². The van der Waals surface area contributed by atoms with E-state index in [1.54, 1.807) is 0 Å². The summed E-state index contributed by atoms with van der Waals surface area (Å²) >= 11 is 0. The molecule has 0 radical (unpaired) electrons. The molecule has 0 unspecified atom stereocenters. The lowest BCUT2D eigenvalue weighted by Gasteiger charge is -1.82. The summed E-state index contributed by atoms with van der Waals surface area (Å²) < 4.78 is 0. The summed E-state index contributed by atoms with van der Waals surface area (Å²) in [5, 5.41) is 7.96. The Morgan fingerprint density at radius 2 is 2.43 bits per heavy atom. The summed E-state index contributed by atoms with van der Waals surface area (Å²) in [5.74, 6) is 0. The maximum atomic E-state index is 7.96. The quantitative estimate of drug-likeness (QED) is 0.525. The third-order valence-electron chi connectivity index (χ3n) is 0.648. The minimum atomic E-state index is 1.02. The topological polar surface area (TPSA) is 32.3 Å². The Labute approximate surface area is 43.8 Å². The lowest BCUT2D eigenvalue weighted by atomic mass is 10.3. The lowest BCUT2D eigenvalue weighted by Crippen LogP contribution is -1.91. The van der Waals surface area contributed by atoms with Crippen molar-refractivity contribution in [3.05, 3.63) is 12.3 Å². The summed E-state index contributed by atoms with van der Waals surface area (Å²) in [6, 6.07) is 0. The zero-order valence-electron chi connectivity index (χ0n) is 4.52. The molecule has 0 aromatic carbocycles. The molecule has 42 valence electrons. The lowest BCUT2D eigenvalue weighted by molar-refractivity contribution is 0.214. The van der Waals surface area contributed by atoms with Gasteiger partial charge in [-0.1, -0.05) is 19.4 Å². The number of hydrogen-bond donors (Lipinski definition) is 2. The predicted octanol–water partition coefficient (Wildman–Crippen LogP) is 1.28. The molecule has 0 atom stereocenters. The molecular formula is C5H11NO. The van der Waals surface area contributed by atoms with Gasteiger partial charge in [-0.3, -0.25) is 10.7 Å². The van der Waals surface area contributed by atoms with E-state index in [2.05, 4.69) is 6.92 Å². The van der Waals surface area contributed by atoms with E-state index in [0.29, 0.717) is 0 Å². The van der Waals surface area contributed by atoms with Gasteiger partial charge in [-0.15, -0.1) is 0 Å². The van der Waals surface area contributed by atoms with Gasteiger partial charge in [-0.25, -0.2) is 0 Å². The molecular weight excluding hydrogens is 90.1 g/mol. The van der Waals surface area contributed by atoms with Crippen molar-refractivity contribution >= 4 is 0 Å². The summed E-state index contributed by atoms with van der Waals surface area (Å²) in [7, 11) is 0. The molecule has 0 aromatic rings. The third kappa shape index (κ3) is 5.50. The number of hydroxylamine groups is 1. The molecule has 0 amide bonds. The van der Waals surface area contributed by atoms with Gasteiger partial charge in [0.25, 0.3) is 0 Å². The van der Waals surface area contributed by atoms with Gasteiger partial charge >= 0.3 is 0 Å². The highest BCUT2D eigenvalue weighted by molar-refractivity contribution is 4.74. The SMILES string of the molecule is CCC/C=C/NO. The standard InChI is InChI=1S/C5H11NO/c1-2-3-4-5-6-7/h4-7H,2-3H2,1H3/b5-4+. The second-order valence-corrected chi connectivity index (χ2v) is 1.32. The van der Waals surface area contributed by atoms with E-state index in [-0.39, 0.29) is 0 Å². The van der Waals surface area contributed by atoms with Crippen molar-refractivity contribution in [1.29, 1.82) is 0 Å². The van der Waals surface area contributed by atoms with Gasteiger partial charge in [0.15, 0.2) is 0 Å². The summed E-state index contributed by atoms with van der Waals surface area (Å²) in [6.07, 6.45) is 5.54. The molecule has 0 aliphatic rings. The first kappa shape index (κ1) is 6.50. The van der Waals surface area contributed by atoms with Crippen LogP contribution < -0.4 is 5.48 Å². The fourth-order valence-corrected chi connectivity index (χ4v) is 0.303. The van der Waals surface area contributed by atoms with Crippen LogP contribution in [0.15, 0.2) is 12.3 Å². The Morgan fingerprint density at radius 1 is 1.71 bits per heavy atom. The average Bonchev–Trinajstić information content (AvgIpc) is 1.69. The maximum absolute atomic E-state index is 7.96. The van der Waals surface area contributed by atoms with Crippen molar-refractivity contribution in [3.8, 4) is 0 Å². The number of allylic oxidation sites excluding steroid dienone is 1. The second kappa shape index (κ2) is 5.50. The van der Waals surface area contributed by atoms with Crippen molar-refractivity contribution in [2.75, 3.05) is 0 Å². The Morgan fingerprint density at radius 3 is 2.86 bits per heavy atom. The fraction of sp³-hybridized carbons (Fsp3) is 0.600. The normalized spacial score (nSPS) is 10.0. The number of unbranched alkanes of at least 4 members (excludes halogenated alkanes) is 1. The molecule has 0 aliphatic carbocycles. The van der Waals surface area contributed by atoms with E-state index in [9.17, 15) is 0 Å². The van der Waals surface area contributed by atoms with Gasteiger partial charge in [0.1, 0.15) is 0 Å². The van der Waals surface area contributed by atoms with Gasteiger partial charge in [0, 0.05) is 6.20 Å². The highest BCUT2D eigenvalue weighted by Gasteiger charge is 1.67. The Hall–Kier alpha value is -0.500. The van der Waals surface area contributed by atoms with Crippen LogP contribution in [0.5, 0.6) is 0 Å². The van der Waals surface area contributed by atoms with E-state index >= 15 is 0 Å². The highest BCUT2D eigenvalue weighted by Crippen LogP contribution is 1.84. The average molecular weight is 101 g/mol. The first-order valence-electron chi connectivity index (χ1n) is 2.46. The van der Waals surface area contributed by atoms with Gasteiger partial charge in [-0.2, -0.15) is 0 Å². The van der Waals surface area contributed by atoms with Gasteiger partial charge in [0.2, 0.25) is 0 Å². The van der Waals surface area contributed by atoms with Crippen LogP contribution in [0.4, 0.5) is 0 Å². The second-order valence-electron chi connectivity index (χ2n) is 1.32. The van der Waals surface area contributed by atoms with E-state index in [4.69, 9.17) is 5.21 Å². The molecule has 7 heavy (non-hydrogen) atoms. The van der Waals surface area contributed by atoms with Crippen LogP contribution in [0.1, 0.15) is 19.8 Å². The molecule has 0 aliphatic heterocycles. The Bertz CT molecular complexity index is 52.0. The van der Waals surface area contributed by atoms with Crippen LogP contribution in [0, 0.1) is 0 Å². The molecule has 0 aromatic heterocycles. The first-order valence-corrected chi connectivity index (χ1v) is 2.46. The van der Waals surface area contributed by atoms with E-state index in [1.807, 2.05) is 11.6 Å². The van der Waals surface area contributed by atoms with Gasteiger partial charge < -0.3 is 0 Å². The minimum Gasteiger partial charge on any atom is -0.292 e. The van der Waals surface area contributed by atoms with Crippen LogP contribution in [-0.4, -0.2) is 5.21 Å². The van der Waals surface area contributed by atoms with E-state index in [1.165, 1.54) is 6.20 Å². The zero-order chi connectivity index (χ0) is 5.54. The fourth-order valence-electron chi connectivity index (χ4n) is 0.303. The Kier molecular flexibility index (Phi) is 5.11. The molecule has 2 N–H and O–H groups in total. The van der Waals surface area contributed by atoms with Crippen LogP contribution in [0.2, 0.25) is 0 Å². The molecule has 0 spiro atoms. The van der Waals surface area contributed by atoms with Crippen LogP contribution in [0.3, 0.4) is 0 Å². The molecule has 0 saturated carbocycles. The number of hydrogen-bond acceptors (Lipinski definition) is 2. The minimum absolute atomic E-state index is 1.02. The van der Waals surface area contributed by atoms with Gasteiger partial charge in [0.05, 0.1) is 0 Å². The van der Waals surface area contributed by atoms with Gasteiger partial charge in [-0.05, 0) is 6.42 Å². The molecule has 0 saturated heterocycles. The largest absolute Gasteiger partial charge is 0.292 e. The maximum Gasteiger partial charge on any atom is 0.0200 e. The molecule has 0 bridgehead atoms. The molecule has 0 fully saturated rings. The van der Waals surface area contributed by atoms with Crippen LogP contribution in [0.25, 0.3) is 0 Å². The van der Waals surface area contributed by atoms with Crippen LogP contribution in [-0.2, 0) is 0 Å². The molecule has 0 heterocycles. The number of nitrogens with one attached hydrogen (secondary N) is 1. The highest BCUT2D eigenvalue weighted by atomic mass is 16.5. The smallest absolute Gasteiger partial charge is 0.0200 e. The molecule has 0 rings (SSSR count). The number of rotatable bonds is 3. The molecule has 2 heteroatoms. The van der Waals surface area contributed by atoms with Crippen LogP contribution >= 0.6 is 0 Å². The van der Waals surface area contributed by atoms with Crippen molar-refractivity contribution in [2.24, 2.45) is 0 Å². The van der Waals surface area contributed by atoms with Crippen molar-refractivity contribution in [3.63, 3.8) is 0 Å². The van der Waals surface area contributed by atoms with Crippen molar-refractivity contribution < 1.29 is 5.21 Å². The molecule has 2 nitrogen and oxygen atoms in total. The third-order valence-corrected chi connectivity index (χ3v) is 0.648. The van der Waals surface area contributed by atoms with Crippen molar-refractivity contribution in [2.45, 2.75) is 19.8 Å². The summed E-state index contributed by atoms with van der Waals surface area (Å²) in [4.78, 5) is 0. The predicted molar refractivity (Wildman–Crippen MR) is 29.0 cm³/mol. The summed E-state index contributed by atoms with van der Waals surface area (Å²) in [6.45, 7) is 2.09. The first-order chi connectivity index (χ1) is 3.41. The summed E-state index contributed by atoms with van der Waals surface area (Å²) in [5.41, 5.74) is 1.92. The van der Waals surface area contributed by atoms with E-state index in [0.717, 1.165) is 12.8 Å². The van der Waals surface area contributed by atoms with Crippen molar-refractivity contribution in [1.82, 2.24) is 5.48 Å². The Balaban J connectivity index is 2.78. The monoisotopic (exact) mass is 101 g/mol. The zero-order valence-corrected chi connectivity index (χ0v) is 4.52.